The molecular formula is C13H24N2O2. The van der Waals surface area contributed by atoms with Crippen molar-refractivity contribution >= 4 is 6.09 Å². The van der Waals surface area contributed by atoms with Crippen molar-refractivity contribution in [2.45, 2.75) is 51.7 Å². The first-order valence-electron chi connectivity index (χ1n) is 6.54. The third-order valence-electron chi connectivity index (χ3n) is 3.68. The quantitative estimate of drug-likeness (QED) is 0.762. The van der Waals surface area contributed by atoms with Crippen molar-refractivity contribution in [3.63, 3.8) is 0 Å². The van der Waals surface area contributed by atoms with Crippen molar-refractivity contribution in [2.75, 3.05) is 19.6 Å². The smallest absolute Gasteiger partial charge is 0.410 e. The van der Waals surface area contributed by atoms with Gasteiger partial charge in [0.05, 0.1) is 5.54 Å². The Kier molecular flexibility index (Phi) is 3.10. The summed E-state index contributed by atoms with van der Waals surface area (Å²) in [7, 11) is 0. The number of hydrogen-bond acceptors (Lipinski definition) is 3. The summed E-state index contributed by atoms with van der Waals surface area (Å²) < 4.78 is 5.51. The van der Waals surface area contributed by atoms with Crippen LogP contribution in [0.3, 0.4) is 0 Å². The molecule has 1 saturated heterocycles. The zero-order valence-electron chi connectivity index (χ0n) is 11.4. The number of carbonyl (C=O) groups is 1. The van der Waals surface area contributed by atoms with Crippen LogP contribution in [-0.4, -0.2) is 41.8 Å². The molecule has 1 N–H and O–H groups in total. The highest BCUT2D eigenvalue weighted by Gasteiger charge is 2.49. The van der Waals surface area contributed by atoms with Gasteiger partial charge >= 0.3 is 6.09 Å². The molecule has 2 fully saturated rings. The van der Waals surface area contributed by atoms with Crippen molar-refractivity contribution in [1.82, 2.24) is 10.2 Å². The van der Waals surface area contributed by atoms with E-state index in [0.29, 0.717) is 5.92 Å². The number of carbonyl (C=O) groups excluding carboxylic acids is 1. The lowest BCUT2D eigenvalue weighted by molar-refractivity contribution is -0.0125. The maximum atomic E-state index is 12.2. The van der Waals surface area contributed by atoms with Crippen molar-refractivity contribution in [2.24, 2.45) is 5.92 Å². The summed E-state index contributed by atoms with van der Waals surface area (Å²) in [6.45, 7) is 10.4. The van der Waals surface area contributed by atoms with Crippen LogP contribution in [0.25, 0.3) is 0 Å². The lowest BCUT2D eigenvalue weighted by atomic mass is 9.91. The van der Waals surface area contributed by atoms with Gasteiger partial charge in [-0.2, -0.15) is 0 Å². The van der Waals surface area contributed by atoms with Crippen LogP contribution in [0.2, 0.25) is 0 Å². The molecule has 1 saturated carbocycles. The summed E-state index contributed by atoms with van der Waals surface area (Å²) in [6, 6.07) is 0. The molecule has 0 aromatic heterocycles. The highest BCUT2D eigenvalue weighted by Crippen LogP contribution is 2.43. The Morgan fingerprint density at radius 2 is 2.06 bits per heavy atom. The van der Waals surface area contributed by atoms with Crippen LogP contribution in [0.5, 0.6) is 0 Å². The fraction of sp³-hybridized carbons (Fsp3) is 0.923. The van der Waals surface area contributed by atoms with E-state index in [0.717, 1.165) is 19.6 Å². The number of piperazine rings is 1. The van der Waals surface area contributed by atoms with Gasteiger partial charge in [0, 0.05) is 19.6 Å². The summed E-state index contributed by atoms with van der Waals surface area (Å²) >= 11 is 0. The lowest BCUT2D eigenvalue weighted by Crippen LogP contribution is -2.63. The molecule has 2 aliphatic rings. The molecular weight excluding hydrogens is 216 g/mol. The Morgan fingerprint density at radius 3 is 2.59 bits per heavy atom. The molecule has 0 aromatic rings. The van der Waals surface area contributed by atoms with Gasteiger partial charge in [0.15, 0.2) is 0 Å². The van der Waals surface area contributed by atoms with E-state index in [1.165, 1.54) is 12.8 Å². The summed E-state index contributed by atoms with van der Waals surface area (Å²) in [6.07, 6.45) is 2.31. The molecule has 0 aromatic carbocycles. The number of nitrogens with one attached hydrogen (secondary N) is 1. The first-order valence-corrected chi connectivity index (χ1v) is 6.54. The topological polar surface area (TPSA) is 41.6 Å². The summed E-state index contributed by atoms with van der Waals surface area (Å²) in [4.78, 5) is 14.2. The Hall–Kier alpha value is -0.770. The highest BCUT2D eigenvalue weighted by molar-refractivity contribution is 5.69. The number of hydrogen-bond donors (Lipinski definition) is 1. The van der Waals surface area contributed by atoms with Gasteiger partial charge in [0.2, 0.25) is 0 Å². The van der Waals surface area contributed by atoms with Gasteiger partial charge in [0.25, 0.3) is 0 Å². The fourth-order valence-corrected chi connectivity index (χ4v) is 2.57. The standard InChI is InChI=1S/C13H24N2O2/c1-12(2,3)17-11(16)15-8-7-14-9-13(15,4)10-5-6-10/h10,14H,5-9H2,1-4H3. The molecule has 2 rings (SSSR count). The van der Waals surface area contributed by atoms with Crippen molar-refractivity contribution in [3.8, 4) is 0 Å². The van der Waals surface area contributed by atoms with Crippen molar-refractivity contribution < 1.29 is 9.53 Å². The molecule has 0 bridgehead atoms. The fourth-order valence-electron chi connectivity index (χ4n) is 2.57. The number of nitrogens with zero attached hydrogens (tertiary/aromatic N) is 1. The van der Waals surface area contributed by atoms with E-state index in [1.54, 1.807) is 0 Å². The van der Waals surface area contributed by atoms with Crippen LogP contribution in [0, 0.1) is 5.92 Å². The summed E-state index contributed by atoms with van der Waals surface area (Å²) in [5, 5.41) is 3.39. The van der Waals surface area contributed by atoms with E-state index in [2.05, 4.69) is 12.2 Å². The zero-order valence-corrected chi connectivity index (χ0v) is 11.4. The zero-order chi connectivity index (χ0) is 12.7. The minimum atomic E-state index is -0.410. The molecule has 1 atom stereocenters. The third kappa shape index (κ3) is 2.73. The summed E-state index contributed by atoms with van der Waals surface area (Å²) in [5.41, 5.74) is -0.465. The van der Waals surface area contributed by atoms with Crippen molar-refractivity contribution in [1.29, 1.82) is 0 Å². The van der Waals surface area contributed by atoms with Gasteiger partial charge in [-0.25, -0.2) is 4.79 Å². The second-order valence-electron chi connectivity index (χ2n) is 6.44. The maximum absolute atomic E-state index is 12.2. The molecule has 4 heteroatoms. The second-order valence-corrected chi connectivity index (χ2v) is 6.44. The predicted octanol–water partition coefficient (Wildman–Crippen LogP) is 2.00. The van der Waals surface area contributed by atoms with Crippen LogP contribution >= 0.6 is 0 Å². The molecule has 4 nitrogen and oxygen atoms in total. The maximum Gasteiger partial charge on any atom is 0.410 e. The first-order chi connectivity index (χ1) is 7.83. The van der Waals surface area contributed by atoms with E-state index in [-0.39, 0.29) is 11.6 Å². The van der Waals surface area contributed by atoms with Crippen LogP contribution in [0.15, 0.2) is 0 Å². The van der Waals surface area contributed by atoms with Gasteiger partial charge in [-0.3, -0.25) is 4.90 Å². The minimum Gasteiger partial charge on any atom is -0.444 e. The Bertz CT molecular complexity index is 307. The lowest BCUT2D eigenvalue weighted by Gasteiger charge is -2.45. The minimum absolute atomic E-state index is 0.0550. The molecule has 0 radical (unpaired) electrons. The van der Waals surface area contributed by atoms with Crippen molar-refractivity contribution in [3.05, 3.63) is 0 Å². The van der Waals surface area contributed by atoms with Crippen LogP contribution < -0.4 is 5.32 Å². The van der Waals surface area contributed by atoms with Gasteiger partial charge < -0.3 is 10.1 Å². The molecule has 98 valence electrons. The molecule has 1 aliphatic heterocycles. The monoisotopic (exact) mass is 240 g/mol. The Labute approximate surface area is 104 Å². The predicted molar refractivity (Wildman–Crippen MR) is 66.9 cm³/mol. The summed E-state index contributed by atoms with van der Waals surface area (Å²) in [5.74, 6) is 0.641. The molecule has 1 heterocycles. The molecule has 17 heavy (non-hydrogen) atoms. The van der Waals surface area contributed by atoms with E-state index in [1.807, 2.05) is 25.7 Å². The van der Waals surface area contributed by atoms with Gasteiger partial charge in [0.1, 0.15) is 5.60 Å². The third-order valence-corrected chi connectivity index (χ3v) is 3.68. The Morgan fingerprint density at radius 1 is 1.41 bits per heavy atom. The average Bonchev–Trinajstić information content (AvgIpc) is 2.98. The number of ether oxygens (including phenoxy) is 1. The largest absolute Gasteiger partial charge is 0.444 e. The van der Waals surface area contributed by atoms with Crippen LogP contribution in [0.4, 0.5) is 4.79 Å². The normalized spacial score (nSPS) is 30.2. The number of amides is 1. The molecule has 1 unspecified atom stereocenters. The van der Waals surface area contributed by atoms with Gasteiger partial charge in [-0.1, -0.05) is 0 Å². The molecule has 0 spiro atoms. The SMILES string of the molecule is CC(C)(C)OC(=O)N1CCNCC1(C)C1CC1. The van der Waals surface area contributed by atoms with Crippen LogP contribution in [0.1, 0.15) is 40.5 Å². The van der Waals surface area contributed by atoms with E-state index in [9.17, 15) is 4.79 Å². The van der Waals surface area contributed by atoms with Gasteiger partial charge in [-0.05, 0) is 46.5 Å². The molecule has 1 aliphatic carbocycles. The van der Waals surface area contributed by atoms with Gasteiger partial charge in [-0.15, -0.1) is 0 Å². The Balaban J connectivity index is 2.08. The average molecular weight is 240 g/mol. The molecule has 1 amide bonds. The highest BCUT2D eigenvalue weighted by atomic mass is 16.6. The first kappa shape index (κ1) is 12.7. The van der Waals surface area contributed by atoms with E-state index >= 15 is 0 Å². The van der Waals surface area contributed by atoms with E-state index < -0.39 is 5.60 Å². The van der Waals surface area contributed by atoms with E-state index in [4.69, 9.17) is 4.74 Å². The van der Waals surface area contributed by atoms with Crippen LogP contribution in [-0.2, 0) is 4.74 Å². The number of rotatable bonds is 1. The second kappa shape index (κ2) is 4.16.